The molecule has 132 valence electrons. The van der Waals surface area contributed by atoms with Gasteiger partial charge in [0.1, 0.15) is 0 Å². The minimum atomic E-state index is -1.02. The van der Waals surface area contributed by atoms with Crippen LogP contribution in [0.1, 0.15) is 13.3 Å². The van der Waals surface area contributed by atoms with Crippen molar-refractivity contribution in [2.45, 2.75) is 13.3 Å². The lowest BCUT2D eigenvalue weighted by Crippen LogP contribution is -2.38. The van der Waals surface area contributed by atoms with E-state index >= 15 is 0 Å². The van der Waals surface area contributed by atoms with Gasteiger partial charge in [0.2, 0.25) is 0 Å². The molecule has 0 bridgehead atoms. The van der Waals surface area contributed by atoms with Gasteiger partial charge >= 0.3 is 18.1 Å². The van der Waals surface area contributed by atoms with Gasteiger partial charge in [0.15, 0.2) is 0 Å². The van der Waals surface area contributed by atoms with Gasteiger partial charge in [-0.15, -0.1) is 0 Å². The van der Waals surface area contributed by atoms with Gasteiger partial charge in [0.25, 0.3) is 5.95 Å². The van der Waals surface area contributed by atoms with Crippen molar-refractivity contribution < 1.29 is 24.0 Å². The van der Waals surface area contributed by atoms with Crippen molar-refractivity contribution in [3.05, 3.63) is 36.9 Å². The van der Waals surface area contributed by atoms with Crippen LogP contribution in [-0.2, 0) is 14.4 Å². The van der Waals surface area contributed by atoms with Crippen LogP contribution < -0.4 is 10.4 Å². The third-order valence-corrected chi connectivity index (χ3v) is 3.14. The number of imidazole rings is 1. The van der Waals surface area contributed by atoms with Crippen molar-refractivity contribution in [3.63, 3.8) is 0 Å². The smallest absolute Gasteiger partial charge is 0.450 e. The molecular formula is C16H18N4O5. The van der Waals surface area contributed by atoms with Crippen molar-refractivity contribution in [3.8, 4) is 0 Å². The molecule has 2 aromatic rings. The summed E-state index contributed by atoms with van der Waals surface area (Å²) in [5.74, 6) is -1.12. The molecule has 0 unspecified atom stereocenters. The normalized spacial score (nSPS) is 10.2. The topological polar surface area (TPSA) is 103 Å². The number of fused-ring (bicyclic) bond motifs is 1. The van der Waals surface area contributed by atoms with Crippen molar-refractivity contribution >= 4 is 35.1 Å². The molecule has 9 nitrogen and oxygen atoms in total. The van der Waals surface area contributed by atoms with Crippen LogP contribution in [0.3, 0.4) is 0 Å². The number of carbonyl (C=O) groups is 3. The van der Waals surface area contributed by atoms with Crippen LogP contribution in [0.25, 0.3) is 11.0 Å². The van der Waals surface area contributed by atoms with Crippen molar-refractivity contribution in [1.29, 1.82) is 0 Å². The average Bonchev–Trinajstić information content (AvgIpc) is 3.02. The number of hydrogen-bond acceptors (Lipinski definition) is 6. The largest absolute Gasteiger partial charge is 0.450 e. The number of ether oxygens (including phenoxy) is 1. The molecule has 0 saturated carbocycles. The Bertz CT molecular complexity index is 814. The summed E-state index contributed by atoms with van der Waals surface area (Å²) in [5.41, 5.74) is 0.877. The van der Waals surface area contributed by atoms with Gasteiger partial charge in [-0.05, 0) is 18.6 Å². The molecule has 25 heavy (non-hydrogen) atoms. The Balaban J connectivity index is 2.59. The maximum absolute atomic E-state index is 12.5. The first-order valence-electron chi connectivity index (χ1n) is 7.51. The second-order valence-corrected chi connectivity index (χ2v) is 4.85. The number of para-hydroxylation sites is 2. The Kier molecular flexibility index (Phi) is 5.72. The Hall–Kier alpha value is -3.36. The van der Waals surface area contributed by atoms with E-state index in [1.807, 2.05) is 6.92 Å². The van der Waals surface area contributed by atoms with E-state index in [9.17, 15) is 14.4 Å². The van der Waals surface area contributed by atoms with Gasteiger partial charge < -0.3 is 14.9 Å². The van der Waals surface area contributed by atoms with Gasteiger partial charge in [0.05, 0.1) is 18.1 Å². The third kappa shape index (κ3) is 3.77. The lowest BCUT2D eigenvalue weighted by molar-refractivity contribution is -0.138. The van der Waals surface area contributed by atoms with Crippen LogP contribution in [0, 0.1) is 0 Å². The van der Waals surface area contributed by atoms with E-state index in [0.29, 0.717) is 22.6 Å². The number of amides is 2. The third-order valence-electron chi connectivity index (χ3n) is 3.14. The van der Waals surface area contributed by atoms with E-state index in [4.69, 9.17) is 4.84 Å². The molecule has 0 aliphatic carbocycles. The molecule has 0 aliphatic rings. The van der Waals surface area contributed by atoms with Crippen LogP contribution in [0.4, 0.5) is 15.5 Å². The maximum atomic E-state index is 12.5. The summed E-state index contributed by atoms with van der Waals surface area (Å²) in [4.78, 5) is 45.3. The second kappa shape index (κ2) is 7.95. The van der Waals surface area contributed by atoms with Crippen LogP contribution in [0.2, 0.25) is 0 Å². The lowest BCUT2D eigenvalue weighted by Gasteiger charge is -2.18. The van der Waals surface area contributed by atoms with Crippen LogP contribution >= 0.6 is 0 Å². The average molecular weight is 346 g/mol. The number of anilines is 1. The number of hydrogen-bond donors (Lipinski definition) is 1. The summed E-state index contributed by atoms with van der Waals surface area (Å²) >= 11 is 0. The number of nitrogens with one attached hydrogen (secondary N) is 1. The van der Waals surface area contributed by atoms with E-state index in [1.165, 1.54) is 0 Å². The van der Waals surface area contributed by atoms with Crippen LogP contribution in [-0.4, -0.2) is 41.3 Å². The van der Waals surface area contributed by atoms with Gasteiger partial charge in [0, 0.05) is 12.6 Å². The molecule has 9 heteroatoms. The van der Waals surface area contributed by atoms with Crippen LogP contribution in [0.5, 0.6) is 0 Å². The standard InChI is InChI=1S/C16H18N4O5/c1-4-10-17-15(22)19-12-9-7-6-8-11(12)18-14(19)20(16(23)24-3)25-13(21)5-2/h5-9H,2,4,10H2,1,3H3,(H,17,22). The van der Waals surface area contributed by atoms with E-state index in [1.54, 1.807) is 24.3 Å². The van der Waals surface area contributed by atoms with E-state index in [-0.39, 0.29) is 5.95 Å². The molecule has 0 spiro atoms. The van der Waals surface area contributed by atoms with E-state index in [0.717, 1.165) is 24.2 Å². The number of benzene rings is 1. The number of hydroxylamine groups is 1. The number of rotatable bonds is 4. The summed E-state index contributed by atoms with van der Waals surface area (Å²) in [6.45, 7) is 5.60. The monoisotopic (exact) mass is 346 g/mol. The molecule has 2 amide bonds. The van der Waals surface area contributed by atoms with Crippen molar-refractivity contribution in [1.82, 2.24) is 14.9 Å². The molecule has 1 aromatic carbocycles. The number of aromatic nitrogens is 2. The molecule has 0 aliphatic heterocycles. The molecular weight excluding hydrogens is 328 g/mol. The molecule has 1 N–H and O–H groups in total. The molecule has 1 aromatic heterocycles. The predicted octanol–water partition coefficient (Wildman–Crippen LogP) is 2.22. The first kappa shape index (κ1) is 18.0. The summed E-state index contributed by atoms with van der Waals surface area (Å²) < 4.78 is 5.75. The Morgan fingerprint density at radius 2 is 2.08 bits per heavy atom. The molecule has 0 radical (unpaired) electrons. The van der Waals surface area contributed by atoms with Gasteiger partial charge in [-0.25, -0.2) is 23.9 Å². The summed E-state index contributed by atoms with van der Waals surface area (Å²) in [5, 5.41) is 3.20. The van der Waals surface area contributed by atoms with Gasteiger partial charge in [-0.1, -0.05) is 30.7 Å². The van der Waals surface area contributed by atoms with E-state index in [2.05, 4.69) is 21.6 Å². The van der Waals surface area contributed by atoms with E-state index < -0.39 is 18.1 Å². The highest BCUT2D eigenvalue weighted by molar-refractivity contribution is 5.97. The summed E-state index contributed by atoms with van der Waals surface area (Å²) in [7, 11) is 1.11. The highest BCUT2D eigenvalue weighted by Gasteiger charge is 2.29. The quantitative estimate of drug-likeness (QED) is 0.672. The van der Waals surface area contributed by atoms with Crippen LogP contribution in [0.15, 0.2) is 36.9 Å². The fourth-order valence-corrected chi connectivity index (χ4v) is 2.03. The number of methoxy groups -OCH3 is 1. The summed E-state index contributed by atoms with van der Waals surface area (Å²) in [6, 6.07) is 6.24. The SMILES string of the molecule is C=CC(=O)ON(C(=O)OC)c1nc2ccccc2n1C(=O)NCCC. The highest BCUT2D eigenvalue weighted by Crippen LogP contribution is 2.23. The first-order valence-corrected chi connectivity index (χ1v) is 7.51. The molecule has 0 saturated heterocycles. The second-order valence-electron chi connectivity index (χ2n) is 4.85. The van der Waals surface area contributed by atoms with Crippen molar-refractivity contribution in [2.24, 2.45) is 0 Å². The number of carbonyl (C=O) groups excluding carboxylic acids is 3. The predicted molar refractivity (Wildman–Crippen MR) is 90.0 cm³/mol. The Labute approximate surface area is 143 Å². The molecule has 1 heterocycles. The van der Waals surface area contributed by atoms with Gasteiger partial charge in [-0.3, -0.25) is 0 Å². The zero-order valence-electron chi connectivity index (χ0n) is 13.9. The van der Waals surface area contributed by atoms with Gasteiger partial charge in [-0.2, -0.15) is 0 Å². The first-order chi connectivity index (χ1) is 12.0. The lowest BCUT2D eigenvalue weighted by atomic mass is 10.3. The highest BCUT2D eigenvalue weighted by atomic mass is 16.8. The molecule has 0 fully saturated rings. The Morgan fingerprint density at radius 3 is 2.72 bits per heavy atom. The zero-order chi connectivity index (χ0) is 18.4. The molecule has 0 atom stereocenters. The maximum Gasteiger partial charge on any atom is 0.450 e. The summed E-state index contributed by atoms with van der Waals surface area (Å²) in [6.07, 6.45) is 0.579. The minimum Gasteiger partial charge on any atom is -0.450 e. The molecule has 2 rings (SSSR count). The number of nitrogens with zero attached hydrogens (tertiary/aromatic N) is 3. The zero-order valence-corrected chi connectivity index (χ0v) is 13.9. The minimum absolute atomic E-state index is 0.211. The fraction of sp³-hybridized carbons (Fsp3) is 0.250. The fourth-order valence-electron chi connectivity index (χ4n) is 2.03. The Morgan fingerprint density at radius 1 is 1.36 bits per heavy atom. The van der Waals surface area contributed by atoms with Crippen molar-refractivity contribution in [2.75, 3.05) is 18.7 Å².